The van der Waals surface area contributed by atoms with Crippen LogP contribution in [0.15, 0.2) is 24.3 Å². The quantitative estimate of drug-likeness (QED) is 0.840. The minimum absolute atomic E-state index is 0.0203. The first-order chi connectivity index (χ1) is 8.90. The van der Waals surface area contributed by atoms with Crippen LogP contribution in [-0.4, -0.2) is 42.0 Å². The number of phenolic OH excluding ortho intramolecular Hbond substituents is 1. The van der Waals surface area contributed by atoms with E-state index in [1.54, 1.807) is 7.05 Å². The number of likely N-dealkylation sites (N-methyl/N-ethyl adjacent to an activating group) is 1. The molecule has 2 amide bonds. The summed E-state index contributed by atoms with van der Waals surface area (Å²) < 4.78 is 0. The number of nitrogens with zero attached hydrogens (tertiary/aromatic N) is 1. The molecule has 0 aliphatic carbocycles. The maximum absolute atomic E-state index is 12.0. The van der Waals surface area contributed by atoms with Crippen molar-refractivity contribution in [2.75, 3.05) is 20.1 Å². The van der Waals surface area contributed by atoms with Crippen molar-refractivity contribution < 1.29 is 14.7 Å². The van der Waals surface area contributed by atoms with Gasteiger partial charge in [0.2, 0.25) is 5.91 Å². The fraction of sp³-hybridized carbons (Fsp3) is 0.429. The lowest BCUT2D eigenvalue weighted by Crippen LogP contribution is -2.39. The Bertz CT molecular complexity index is 441. The van der Waals surface area contributed by atoms with Gasteiger partial charge in [0.05, 0.1) is 6.54 Å². The van der Waals surface area contributed by atoms with Crippen LogP contribution < -0.4 is 5.32 Å². The van der Waals surface area contributed by atoms with Crippen molar-refractivity contribution in [3.8, 4) is 5.75 Å². The van der Waals surface area contributed by atoms with Crippen LogP contribution in [0.4, 0.5) is 0 Å². The third kappa shape index (κ3) is 4.99. The van der Waals surface area contributed by atoms with Gasteiger partial charge >= 0.3 is 0 Å². The number of nitrogens with one attached hydrogen (secondary N) is 1. The second-order valence-electron chi connectivity index (χ2n) is 4.91. The molecule has 0 unspecified atom stereocenters. The molecule has 0 aliphatic heterocycles. The number of phenols is 1. The van der Waals surface area contributed by atoms with Crippen molar-refractivity contribution in [1.29, 1.82) is 0 Å². The van der Waals surface area contributed by atoms with Crippen LogP contribution in [-0.2, 0) is 4.79 Å². The molecular formula is C14H20N2O3. The van der Waals surface area contributed by atoms with Crippen LogP contribution in [0.2, 0.25) is 0 Å². The molecule has 0 saturated heterocycles. The summed E-state index contributed by atoms with van der Waals surface area (Å²) in [7, 11) is 1.57. The zero-order valence-electron chi connectivity index (χ0n) is 11.5. The van der Waals surface area contributed by atoms with E-state index in [2.05, 4.69) is 5.32 Å². The van der Waals surface area contributed by atoms with Crippen LogP contribution in [0, 0.1) is 5.92 Å². The molecule has 5 nitrogen and oxygen atoms in total. The molecule has 0 spiro atoms. The number of rotatable bonds is 5. The van der Waals surface area contributed by atoms with Crippen LogP contribution in [0.25, 0.3) is 0 Å². The summed E-state index contributed by atoms with van der Waals surface area (Å²) in [5, 5.41) is 11.9. The van der Waals surface area contributed by atoms with Gasteiger partial charge in [-0.1, -0.05) is 13.8 Å². The third-order valence-electron chi connectivity index (χ3n) is 2.55. The van der Waals surface area contributed by atoms with Gasteiger partial charge in [-0.05, 0) is 30.2 Å². The SMILES string of the molecule is CC(C)CNC(=O)CN(C)C(=O)c1ccc(O)cc1. The summed E-state index contributed by atoms with van der Waals surface area (Å²) in [5.41, 5.74) is 0.442. The Morgan fingerprint density at radius 2 is 1.84 bits per heavy atom. The highest BCUT2D eigenvalue weighted by Gasteiger charge is 2.14. The smallest absolute Gasteiger partial charge is 0.254 e. The predicted octanol–water partition coefficient (Wildman–Crippen LogP) is 1.24. The van der Waals surface area contributed by atoms with E-state index in [0.717, 1.165) is 0 Å². The highest BCUT2D eigenvalue weighted by molar-refractivity contribution is 5.96. The van der Waals surface area contributed by atoms with Crippen molar-refractivity contribution in [1.82, 2.24) is 10.2 Å². The number of hydrogen-bond acceptors (Lipinski definition) is 3. The Morgan fingerprint density at radius 3 is 2.37 bits per heavy atom. The Balaban J connectivity index is 2.53. The highest BCUT2D eigenvalue weighted by Crippen LogP contribution is 2.11. The van der Waals surface area contributed by atoms with Crippen molar-refractivity contribution in [3.63, 3.8) is 0 Å². The van der Waals surface area contributed by atoms with Gasteiger partial charge in [-0.2, -0.15) is 0 Å². The number of carbonyl (C=O) groups excluding carboxylic acids is 2. The van der Waals surface area contributed by atoms with Gasteiger partial charge in [-0.15, -0.1) is 0 Å². The lowest BCUT2D eigenvalue weighted by molar-refractivity contribution is -0.121. The van der Waals surface area contributed by atoms with E-state index in [-0.39, 0.29) is 24.1 Å². The maximum atomic E-state index is 12.0. The van der Waals surface area contributed by atoms with Gasteiger partial charge in [0.25, 0.3) is 5.91 Å². The molecule has 0 bridgehead atoms. The summed E-state index contributed by atoms with van der Waals surface area (Å²) in [6, 6.07) is 5.94. The molecular weight excluding hydrogens is 244 g/mol. The minimum atomic E-state index is -0.250. The Labute approximate surface area is 113 Å². The van der Waals surface area contributed by atoms with Gasteiger partial charge < -0.3 is 15.3 Å². The summed E-state index contributed by atoms with van der Waals surface area (Å²) >= 11 is 0. The van der Waals surface area contributed by atoms with Gasteiger partial charge in [-0.25, -0.2) is 0 Å². The minimum Gasteiger partial charge on any atom is -0.508 e. The van der Waals surface area contributed by atoms with Crippen LogP contribution >= 0.6 is 0 Å². The monoisotopic (exact) mass is 264 g/mol. The predicted molar refractivity (Wildman–Crippen MR) is 72.9 cm³/mol. The van der Waals surface area contributed by atoms with Gasteiger partial charge in [0.1, 0.15) is 5.75 Å². The van der Waals surface area contributed by atoms with Crippen molar-refractivity contribution >= 4 is 11.8 Å². The zero-order valence-corrected chi connectivity index (χ0v) is 11.5. The summed E-state index contributed by atoms with van der Waals surface area (Å²) in [4.78, 5) is 24.9. The molecule has 1 aromatic carbocycles. The normalized spacial score (nSPS) is 10.3. The van der Waals surface area contributed by atoms with Crippen LogP contribution in [0.5, 0.6) is 5.75 Å². The number of benzene rings is 1. The zero-order chi connectivity index (χ0) is 14.4. The second-order valence-corrected chi connectivity index (χ2v) is 4.91. The van der Waals surface area contributed by atoms with Crippen molar-refractivity contribution in [2.45, 2.75) is 13.8 Å². The van der Waals surface area contributed by atoms with E-state index in [9.17, 15) is 9.59 Å². The van der Waals surface area contributed by atoms with Gasteiger partial charge in [0.15, 0.2) is 0 Å². The molecule has 19 heavy (non-hydrogen) atoms. The standard InChI is InChI=1S/C14H20N2O3/c1-10(2)8-15-13(18)9-16(3)14(19)11-4-6-12(17)7-5-11/h4-7,10,17H,8-9H2,1-3H3,(H,15,18). The molecule has 0 radical (unpaired) electrons. The van der Waals surface area contributed by atoms with Gasteiger partial charge in [0, 0.05) is 19.2 Å². The molecule has 104 valence electrons. The van der Waals surface area contributed by atoms with Crippen LogP contribution in [0.1, 0.15) is 24.2 Å². The first kappa shape index (κ1) is 15.0. The number of amides is 2. The molecule has 5 heteroatoms. The molecule has 0 atom stereocenters. The average Bonchev–Trinajstić information content (AvgIpc) is 2.36. The van der Waals surface area contributed by atoms with E-state index in [1.165, 1.54) is 29.2 Å². The Morgan fingerprint density at radius 1 is 1.26 bits per heavy atom. The first-order valence-corrected chi connectivity index (χ1v) is 6.21. The molecule has 0 saturated carbocycles. The fourth-order valence-electron chi connectivity index (χ4n) is 1.49. The maximum Gasteiger partial charge on any atom is 0.254 e. The first-order valence-electron chi connectivity index (χ1n) is 6.21. The van der Waals surface area contributed by atoms with Gasteiger partial charge in [-0.3, -0.25) is 9.59 Å². The van der Waals surface area contributed by atoms with E-state index >= 15 is 0 Å². The largest absolute Gasteiger partial charge is 0.508 e. The van der Waals surface area contributed by atoms with E-state index in [4.69, 9.17) is 5.11 Å². The summed E-state index contributed by atoms with van der Waals surface area (Å²) in [5.74, 6) is 0.0546. The molecule has 0 fully saturated rings. The van der Waals surface area contributed by atoms with E-state index < -0.39 is 0 Å². The lowest BCUT2D eigenvalue weighted by atomic mass is 10.2. The van der Waals surface area contributed by atoms with E-state index in [1.807, 2.05) is 13.8 Å². The van der Waals surface area contributed by atoms with Crippen LogP contribution in [0.3, 0.4) is 0 Å². The molecule has 0 aliphatic rings. The van der Waals surface area contributed by atoms with E-state index in [0.29, 0.717) is 18.0 Å². The van der Waals surface area contributed by atoms with Crippen molar-refractivity contribution in [3.05, 3.63) is 29.8 Å². The molecule has 0 aromatic heterocycles. The number of hydrogen-bond donors (Lipinski definition) is 2. The Hall–Kier alpha value is -2.04. The third-order valence-corrected chi connectivity index (χ3v) is 2.55. The molecule has 2 N–H and O–H groups in total. The molecule has 0 heterocycles. The van der Waals surface area contributed by atoms with Crippen molar-refractivity contribution in [2.24, 2.45) is 5.92 Å². The molecule has 1 rings (SSSR count). The average molecular weight is 264 g/mol. The Kier molecular flexibility index (Phi) is 5.36. The lowest BCUT2D eigenvalue weighted by Gasteiger charge is -2.17. The number of aromatic hydroxyl groups is 1. The summed E-state index contributed by atoms with van der Waals surface area (Å²) in [6.45, 7) is 4.63. The second kappa shape index (κ2) is 6.78. The summed E-state index contributed by atoms with van der Waals surface area (Å²) in [6.07, 6.45) is 0. The fourth-order valence-corrected chi connectivity index (χ4v) is 1.49. The highest BCUT2D eigenvalue weighted by atomic mass is 16.3. The topological polar surface area (TPSA) is 69.6 Å². The number of carbonyl (C=O) groups is 2. The molecule has 1 aromatic rings.